The number of esters is 1. The predicted molar refractivity (Wildman–Crippen MR) is 70.9 cm³/mol. The molecule has 7 heteroatoms. The number of hydrogen-bond donors (Lipinski definition) is 1. The Bertz CT molecular complexity index is 600. The van der Waals surface area contributed by atoms with E-state index in [0.29, 0.717) is 17.8 Å². The highest BCUT2D eigenvalue weighted by molar-refractivity contribution is 7.91. The van der Waals surface area contributed by atoms with Gasteiger partial charge in [-0.1, -0.05) is 0 Å². The van der Waals surface area contributed by atoms with E-state index in [1.165, 1.54) is 13.3 Å². The SMILES string of the molecule is COC(=O)c1ccnc(NC2(C)CCS(=O)(=O)C2)c1. The largest absolute Gasteiger partial charge is 0.465 e. The van der Waals surface area contributed by atoms with Crippen LogP contribution in [0.4, 0.5) is 5.82 Å². The Balaban J connectivity index is 2.18. The van der Waals surface area contributed by atoms with Crippen LogP contribution in [0.5, 0.6) is 0 Å². The molecule has 0 radical (unpaired) electrons. The molecule has 1 aliphatic rings. The predicted octanol–water partition coefficient (Wildman–Crippen LogP) is 0.857. The second-order valence-electron chi connectivity index (χ2n) is 4.95. The number of nitrogens with zero attached hydrogens (tertiary/aromatic N) is 1. The van der Waals surface area contributed by atoms with Crippen LogP contribution in [0.2, 0.25) is 0 Å². The second kappa shape index (κ2) is 4.80. The molecule has 0 aliphatic carbocycles. The minimum absolute atomic E-state index is 0.0735. The monoisotopic (exact) mass is 284 g/mol. The molecule has 2 rings (SSSR count). The van der Waals surface area contributed by atoms with Crippen LogP contribution in [0.1, 0.15) is 23.7 Å². The first-order chi connectivity index (χ1) is 8.84. The summed E-state index contributed by atoms with van der Waals surface area (Å²) in [6.07, 6.45) is 2.01. The zero-order valence-electron chi connectivity index (χ0n) is 10.8. The Labute approximate surface area is 112 Å². The lowest BCUT2D eigenvalue weighted by molar-refractivity contribution is 0.0600. The summed E-state index contributed by atoms with van der Waals surface area (Å²) in [4.78, 5) is 15.5. The molecule has 1 saturated heterocycles. The van der Waals surface area contributed by atoms with Crippen LogP contribution in [0, 0.1) is 0 Å². The Morgan fingerprint density at radius 3 is 2.84 bits per heavy atom. The fraction of sp³-hybridized carbons (Fsp3) is 0.500. The fourth-order valence-corrected chi connectivity index (χ4v) is 4.26. The average molecular weight is 284 g/mol. The van der Waals surface area contributed by atoms with Gasteiger partial charge in [0.2, 0.25) is 0 Å². The lowest BCUT2D eigenvalue weighted by Gasteiger charge is -2.24. The number of nitrogens with one attached hydrogen (secondary N) is 1. The minimum atomic E-state index is -2.99. The quantitative estimate of drug-likeness (QED) is 0.828. The van der Waals surface area contributed by atoms with Crippen molar-refractivity contribution in [2.75, 3.05) is 23.9 Å². The summed E-state index contributed by atoms with van der Waals surface area (Å²) < 4.78 is 27.7. The summed E-state index contributed by atoms with van der Waals surface area (Å²) in [6.45, 7) is 1.84. The molecule has 0 spiro atoms. The van der Waals surface area contributed by atoms with E-state index >= 15 is 0 Å². The maximum atomic E-state index is 11.5. The van der Waals surface area contributed by atoms with Crippen molar-refractivity contribution in [2.45, 2.75) is 18.9 Å². The minimum Gasteiger partial charge on any atom is -0.465 e. The van der Waals surface area contributed by atoms with Crippen molar-refractivity contribution >= 4 is 21.6 Å². The first-order valence-electron chi connectivity index (χ1n) is 5.87. The van der Waals surface area contributed by atoms with Crippen molar-refractivity contribution in [3.05, 3.63) is 23.9 Å². The molecule has 1 aromatic rings. The molecule has 1 atom stereocenters. The van der Waals surface area contributed by atoms with E-state index in [0.717, 1.165) is 0 Å². The highest BCUT2D eigenvalue weighted by atomic mass is 32.2. The molecular formula is C12H16N2O4S. The molecular weight excluding hydrogens is 268 g/mol. The standard InChI is InChI=1S/C12H16N2O4S/c1-12(4-6-19(16,17)8-12)14-10-7-9(3-5-13-10)11(15)18-2/h3,5,7H,4,6,8H2,1-2H3,(H,13,14). The molecule has 1 aromatic heterocycles. The molecule has 0 aromatic carbocycles. The zero-order chi connectivity index (χ0) is 14.1. The third-order valence-corrected chi connectivity index (χ3v) is 5.02. The van der Waals surface area contributed by atoms with Crippen molar-refractivity contribution in [2.24, 2.45) is 0 Å². The van der Waals surface area contributed by atoms with Gasteiger partial charge in [0, 0.05) is 6.20 Å². The Morgan fingerprint density at radius 1 is 1.53 bits per heavy atom. The Morgan fingerprint density at radius 2 is 2.26 bits per heavy atom. The lowest BCUT2D eigenvalue weighted by Crippen LogP contribution is -2.36. The third kappa shape index (κ3) is 3.23. The molecule has 0 saturated carbocycles. The number of carbonyl (C=O) groups is 1. The van der Waals surface area contributed by atoms with Gasteiger partial charge in [-0.25, -0.2) is 18.2 Å². The van der Waals surface area contributed by atoms with E-state index in [1.807, 2.05) is 6.92 Å². The van der Waals surface area contributed by atoms with E-state index in [4.69, 9.17) is 0 Å². The Kier molecular flexibility index (Phi) is 3.49. The van der Waals surface area contributed by atoms with Crippen molar-refractivity contribution in [3.63, 3.8) is 0 Å². The molecule has 0 amide bonds. The molecule has 104 valence electrons. The van der Waals surface area contributed by atoms with Crippen LogP contribution in [0.25, 0.3) is 0 Å². The molecule has 19 heavy (non-hydrogen) atoms. The van der Waals surface area contributed by atoms with E-state index in [9.17, 15) is 13.2 Å². The number of pyridine rings is 1. The number of aromatic nitrogens is 1. The number of hydrogen-bond acceptors (Lipinski definition) is 6. The highest BCUT2D eigenvalue weighted by Gasteiger charge is 2.38. The summed E-state index contributed by atoms with van der Waals surface area (Å²) in [7, 11) is -1.68. The van der Waals surface area contributed by atoms with Crippen LogP contribution >= 0.6 is 0 Å². The van der Waals surface area contributed by atoms with Gasteiger partial charge in [0.25, 0.3) is 0 Å². The summed E-state index contributed by atoms with van der Waals surface area (Å²) in [6, 6.07) is 3.10. The number of rotatable bonds is 3. The van der Waals surface area contributed by atoms with Gasteiger partial charge in [0.05, 0.1) is 29.7 Å². The van der Waals surface area contributed by atoms with Crippen molar-refractivity contribution in [3.8, 4) is 0 Å². The van der Waals surface area contributed by atoms with E-state index in [2.05, 4.69) is 15.0 Å². The molecule has 1 unspecified atom stereocenters. The molecule has 1 N–H and O–H groups in total. The van der Waals surface area contributed by atoms with Crippen LogP contribution in [0.3, 0.4) is 0 Å². The second-order valence-corrected chi connectivity index (χ2v) is 7.13. The average Bonchev–Trinajstić information content (AvgIpc) is 2.62. The summed E-state index contributed by atoms with van der Waals surface area (Å²) in [5, 5.41) is 3.09. The molecule has 1 aliphatic heterocycles. The maximum absolute atomic E-state index is 11.5. The number of methoxy groups -OCH3 is 1. The highest BCUT2D eigenvalue weighted by Crippen LogP contribution is 2.26. The van der Waals surface area contributed by atoms with Gasteiger partial charge in [0.1, 0.15) is 5.82 Å². The van der Waals surface area contributed by atoms with Gasteiger partial charge in [-0.05, 0) is 25.5 Å². The third-order valence-electron chi connectivity index (χ3n) is 3.11. The molecule has 1 fully saturated rings. The summed E-state index contributed by atoms with van der Waals surface area (Å²) >= 11 is 0. The smallest absolute Gasteiger partial charge is 0.338 e. The van der Waals surface area contributed by atoms with Gasteiger partial charge < -0.3 is 10.1 Å². The fourth-order valence-electron chi connectivity index (χ4n) is 2.16. The van der Waals surface area contributed by atoms with Gasteiger partial charge in [-0.3, -0.25) is 0 Å². The van der Waals surface area contributed by atoms with Crippen molar-refractivity contribution in [1.82, 2.24) is 4.98 Å². The molecule has 6 nitrogen and oxygen atoms in total. The Hall–Kier alpha value is -1.63. The number of ether oxygens (including phenoxy) is 1. The van der Waals surface area contributed by atoms with Crippen LogP contribution in [-0.4, -0.2) is 43.5 Å². The first kappa shape index (κ1) is 13.8. The van der Waals surface area contributed by atoms with Gasteiger partial charge >= 0.3 is 5.97 Å². The summed E-state index contributed by atoms with van der Waals surface area (Å²) in [5.41, 5.74) is -0.162. The van der Waals surface area contributed by atoms with Crippen molar-refractivity contribution < 1.29 is 17.9 Å². The zero-order valence-corrected chi connectivity index (χ0v) is 11.7. The van der Waals surface area contributed by atoms with Gasteiger partial charge in [-0.15, -0.1) is 0 Å². The normalized spacial score (nSPS) is 24.9. The maximum Gasteiger partial charge on any atom is 0.338 e. The van der Waals surface area contributed by atoms with Crippen LogP contribution in [0.15, 0.2) is 18.3 Å². The van der Waals surface area contributed by atoms with E-state index in [1.54, 1.807) is 12.1 Å². The lowest BCUT2D eigenvalue weighted by atomic mass is 10.0. The van der Waals surface area contributed by atoms with E-state index in [-0.39, 0.29) is 11.5 Å². The van der Waals surface area contributed by atoms with Crippen LogP contribution < -0.4 is 5.32 Å². The van der Waals surface area contributed by atoms with Crippen LogP contribution in [-0.2, 0) is 14.6 Å². The topological polar surface area (TPSA) is 85.4 Å². The van der Waals surface area contributed by atoms with E-state index < -0.39 is 21.3 Å². The number of carbonyl (C=O) groups excluding carboxylic acids is 1. The number of anilines is 1. The molecule has 0 bridgehead atoms. The van der Waals surface area contributed by atoms with Gasteiger partial charge in [-0.2, -0.15) is 0 Å². The van der Waals surface area contributed by atoms with Crippen molar-refractivity contribution in [1.29, 1.82) is 0 Å². The number of sulfone groups is 1. The first-order valence-corrected chi connectivity index (χ1v) is 7.69. The van der Waals surface area contributed by atoms with Gasteiger partial charge in [0.15, 0.2) is 9.84 Å². The summed E-state index contributed by atoms with van der Waals surface area (Å²) in [5.74, 6) is 0.272. The molecule has 2 heterocycles.